The van der Waals surface area contributed by atoms with Crippen LogP contribution in [-0.2, 0) is 10.8 Å². The van der Waals surface area contributed by atoms with Crippen LogP contribution in [0.5, 0.6) is 0 Å². The highest BCUT2D eigenvalue weighted by atomic mass is 16.3. The van der Waals surface area contributed by atoms with Crippen LogP contribution in [0.1, 0.15) is 70.5 Å². The van der Waals surface area contributed by atoms with Crippen molar-refractivity contribution >= 4 is 145 Å². The van der Waals surface area contributed by atoms with E-state index >= 15 is 0 Å². The molecule has 0 unspecified atom stereocenters. The Balaban J connectivity index is 0.950. The van der Waals surface area contributed by atoms with E-state index in [0.717, 1.165) is 116 Å². The first kappa shape index (κ1) is 48.9. The standard InChI is InChI=1S/C98H71BN4O2/c1-97(2,3)65-45-51-85-78(55-65)79-56-66(98(4,5)6)46-52-86(79)101(85)68-58-90-93-91(59-68)103(88-41-24-38-76-75-37-23-36-74(95(75)105-96(76)88)73-35-22-34-72-71-33-18-21-42-92(71)104-94(72)73)89-57-67(100-82-39-19-16-31-69(82)70-32-17-20-40-83(70)100)47-48-80(89)99(93)81-54-64(61-27-12-8-13-28-61)44-50-87(81)102(90)84-49-43-63(60-25-10-7-11-26-60)53-77(84)62-29-14-9-15-30-62/h7-59H,1-6H3/i8D,12D,13D,16D,17D,19D,20D,27D,28D,31D,32D,39D,40D. The fourth-order valence-corrected chi connectivity index (χ4v) is 16.8. The molecule has 0 atom stereocenters. The van der Waals surface area contributed by atoms with Gasteiger partial charge in [-0.15, -0.1) is 0 Å². The van der Waals surface area contributed by atoms with Crippen LogP contribution in [0, 0.1) is 0 Å². The quantitative estimate of drug-likeness (QED) is 0.142. The fourth-order valence-electron chi connectivity index (χ4n) is 16.8. The lowest BCUT2D eigenvalue weighted by molar-refractivity contribution is 0.590. The number of nitrogens with zero attached hydrogens (tertiary/aromatic N) is 4. The number of aromatic nitrogens is 2. The lowest BCUT2D eigenvalue weighted by Crippen LogP contribution is -2.61. The molecule has 21 rings (SSSR count). The molecule has 19 aromatic rings. The lowest BCUT2D eigenvalue weighted by Gasteiger charge is -2.45. The topological polar surface area (TPSA) is 42.6 Å². The van der Waals surface area contributed by atoms with Crippen LogP contribution in [0.15, 0.2) is 330 Å². The first-order chi connectivity index (χ1) is 56.7. The van der Waals surface area contributed by atoms with Crippen LogP contribution >= 0.6 is 0 Å². The minimum absolute atomic E-state index is 0.00971. The normalized spacial score (nSPS) is 14.7. The van der Waals surface area contributed by atoms with E-state index in [1.165, 1.54) is 0 Å². The van der Waals surface area contributed by atoms with Crippen LogP contribution < -0.4 is 26.2 Å². The fraction of sp³-hybridized carbons (Fsp3) is 0.0816. The summed E-state index contributed by atoms with van der Waals surface area (Å²) in [6.07, 6.45) is 0. The Morgan fingerprint density at radius 1 is 0.295 bits per heavy atom. The zero-order valence-electron chi connectivity index (χ0n) is 71.3. The van der Waals surface area contributed by atoms with Gasteiger partial charge < -0.3 is 27.8 Å². The summed E-state index contributed by atoms with van der Waals surface area (Å²) >= 11 is 0. The molecule has 6 nitrogen and oxygen atoms in total. The summed E-state index contributed by atoms with van der Waals surface area (Å²) in [5, 5.41) is 5.47. The smallest absolute Gasteiger partial charge is 0.252 e. The Kier molecular flexibility index (Phi) is 10.6. The van der Waals surface area contributed by atoms with Gasteiger partial charge in [0.1, 0.15) is 16.7 Å². The number of furan rings is 2. The van der Waals surface area contributed by atoms with Gasteiger partial charge in [0, 0.05) is 88.2 Å². The molecule has 0 N–H and O–H groups in total. The van der Waals surface area contributed by atoms with E-state index in [1.54, 1.807) is 4.57 Å². The largest absolute Gasteiger partial charge is 0.455 e. The molecule has 0 spiro atoms. The number of benzene rings is 15. The molecular formula is C98H71BN4O2. The summed E-state index contributed by atoms with van der Waals surface area (Å²) in [5.74, 6) is 0. The van der Waals surface area contributed by atoms with Crippen LogP contribution in [0.25, 0.3) is 143 Å². The zero-order chi connectivity index (χ0) is 81.5. The lowest BCUT2D eigenvalue weighted by atomic mass is 9.33. The maximum absolute atomic E-state index is 9.87. The second kappa shape index (κ2) is 22.8. The third-order valence-electron chi connectivity index (χ3n) is 21.7. The highest BCUT2D eigenvalue weighted by molar-refractivity contribution is 7.00. The summed E-state index contributed by atoms with van der Waals surface area (Å²) in [4.78, 5) is 4.53. The highest BCUT2D eigenvalue weighted by Crippen LogP contribution is 2.53. The molecule has 6 heterocycles. The van der Waals surface area contributed by atoms with Gasteiger partial charge in [-0.25, -0.2) is 0 Å². The molecule has 0 radical (unpaired) electrons. The van der Waals surface area contributed by atoms with Crippen LogP contribution in [0.3, 0.4) is 0 Å². The van der Waals surface area contributed by atoms with Crippen molar-refractivity contribution in [2.75, 3.05) is 9.80 Å². The Bertz CT molecular complexity index is 7490. The van der Waals surface area contributed by atoms with Crippen LogP contribution in [0.4, 0.5) is 34.1 Å². The van der Waals surface area contributed by atoms with Crippen molar-refractivity contribution in [2.24, 2.45) is 0 Å². The van der Waals surface area contributed by atoms with Gasteiger partial charge in [0.25, 0.3) is 6.71 Å². The first-order valence-corrected chi connectivity index (χ1v) is 35.6. The molecule has 0 aliphatic carbocycles. The van der Waals surface area contributed by atoms with Crippen molar-refractivity contribution in [3.8, 4) is 55.9 Å². The maximum atomic E-state index is 9.87. The van der Waals surface area contributed by atoms with E-state index in [1.807, 2.05) is 115 Å². The van der Waals surface area contributed by atoms with Gasteiger partial charge in [0.15, 0.2) is 5.58 Å². The van der Waals surface area contributed by atoms with E-state index in [-0.39, 0.29) is 50.3 Å². The molecule has 0 saturated heterocycles. The van der Waals surface area contributed by atoms with E-state index in [2.05, 4.69) is 183 Å². The molecule has 0 saturated carbocycles. The molecule has 15 aromatic carbocycles. The van der Waals surface area contributed by atoms with Crippen LogP contribution in [-0.4, -0.2) is 15.8 Å². The molecule has 7 heteroatoms. The monoisotopic (exact) mass is 1360 g/mol. The van der Waals surface area contributed by atoms with E-state index in [4.69, 9.17) is 15.7 Å². The van der Waals surface area contributed by atoms with Gasteiger partial charge in [-0.3, -0.25) is 0 Å². The van der Waals surface area contributed by atoms with E-state index in [9.17, 15) is 11.0 Å². The average Bonchev–Trinajstić information content (AvgIpc) is 0.744. The number of hydrogen-bond acceptors (Lipinski definition) is 4. The minimum atomic E-state index is -0.806. The van der Waals surface area contributed by atoms with Crippen molar-refractivity contribution in [1.29, 1.82) is 0 Å². The van der Waals surface area contributed by atoms with Crippen LogP contribution in [0.2, 0.25) is 0 Å². The Hall–Kier alpha value is -12.8. The van der Waals surface area contributed by atoms with Gasteiger partial charge in [0.2, 0.25) is 0 Å². The molecule has 105 heavy (non-hydrogen) atoms. The summed E-state index contributed by atoms with van der Waals surface area (Å²) in [6, 6.07) is 76.9. The summed E-state index contributed by atoms with van der Waals surface area (Å²) in [6.45, 7) is 12.6. The van der Waals surface area contributed by atoms with Gasteiger partial charge in [-0.1, -0.05) is 272 Å². The average molecular weight is 1360 g/mol. The number of para-hydroxylation sites is 6. The van der Waals surface area contributed by atoms with Crippen molar-refractivity contribution < 1.29 is 26.7 Å². The Labute approximate surface area is 627 Å². The van der Waals surface area contributed by atoms with Gasteiger partial charge in [-0.05, 0) is 157 Å². The third-order valence-corrected chi connectivity index (χ3v) is 21.7. The third kappa shape index (κ3) is 9.30. The van der Waals surface area contributed by atoms with Crippen molar-refractivity contribution in [2.45, 2.75) is 52.4 Å². The summed E-state index contributed by atoms with van der Waals surface area (Å²) in [5.41, 5.74) is 19.2. The first-order valence-electron chi connectivity index (χ1n) is 42.1. The van der Waals surface area contributed by atoms with Crippen molar-refractivity contribution in [3.63, 3.8) is 0 Å². The maximum Gasteiger partial charge on any atom is 0.252 e. The molecule has 2 aliphatic rings. The highest BCUT2D eigenvalue weighted by Gasteiger charge is 2.45. The number of anilines is 6. The minimum Gasteiger partial charge on any atom is -0.455 e. The summed E-state index contributed by atoms with van der Waals surface area (Å²) in [7, 11) is 0. The van der Waals surface area contributed by atoms with Gasteiger partial charge in [0.05, 0.1) is 56.9 Å². The number of fused-ring (bicyclic) bond motifs is 16. The van der Waals surface area contributed by atoms with Gasteiger partial charge in [-0.2, -0.15) is 0 Å². The Morgan fingerprint density at radius 3 is 1.48 bits per heavy atom. The van der Waals surface area contributed by atoms with E-state index in [0.29, 0.717) is 61.7 Å². The Morgan fingerprint density at radius 2 is 0.819 bits per heavy atom. The predicted molar refractivity (Wildman–Crippen MR) is 443 cm³/mol. The SMILES string of the molecule is [2H]c1c([2H])c([2H])c(-c2ccc3c(c2)B2c4ccc(-n5c6c([2H])c([2H])c([2H])c([2H])c6c6c([2H])c([2H])c([2H])c([2H])c65)cc4N(c4cccc5c4oc4c(-c6cccc7c6oc6ccccc67)cccc45)c4cc(-n5c6ccc(C(C)(C)C)cc6c6cc(C(C)(C)C)ccc65)cc(c42)N3c2ccc(-c3ccccc3)cc2-c2ccccc2)c([2H])c1[2H]. The second-order valence-corrected chi connectivity index (χ2v) is 29.8. The molecule has 0 fully saturated rings. The molecule has 2 aliphatic heterocycles. The predicted octanol–water partition coefficient (Wildman–Crippen LogP) is 25.0. The second-order valence-electron chi connectivity index (χ2n) is 29.8. The van der Waals surface area contributed by atoms with Gasteiger partial charge >= 0.3 is 0 Å². The molecule has 0 amide bonds. The molecule has 0 bridgehead atoms. The summed E-state index contributed by atoms with van der Waals surface area (Å²) < 4.78 is 140. The zero-order valence-corrected chi connectivity index (χ0v) is 58.3. The molecule has 4 aromatic heterocycles. The van der Waals surface area contributed by atoms with Crippen molar-refractivity contribution in [1.82, 2.24) is 9.13 Å². The van der Waals surface area contributed by atoms with E-state index < -0.39 is 73.2 Å². The molecular weight excluding hydrogens is 1280 g/mol. The van der Waals surface area contributed by atoms with Crippen molar-refractivity contribution in [3.05, 3.63) is 332 Å². The molecule has 498 valence electrons. The number of rotatable bonds is 8. The number of hydrogen-bond donors (Lipinski definition) is 0.